The van der Waals surface area contributed by atoms with Crippen LogP contribution in [0.25, 0.3) is 0 Å². The lowest BCUT2D eigenvalue weighted by Gasteiger charge is -2.23. The standard InChI is InChI=1S/C43H75N2O6P/c1-3-5-7-9-11-13-15-17-19-21-23-25-27-29-31-33-35-37-43(47)45-41(40-51-52(48,49)50-39-38-44)42(46)36-34-32-30-28-26-24-22-20-18-16-14-12-10-8-6-4-2/h5,7,11,13,17-20,23,25-26,28,34,36,41-42,46H,3-4,6,8-10,12,14-16,21-22,24,27,29-33,35,37-40,44H2,1-2H3,(H,45,47)(H,48,49)/b7-5-,13-11-,19-17-,20-18+,25-23-,28-26+,36-34+. The molecule has 3 unspecified atom stereocenters. The van der Waals surface area contributed by atoms with Crippen molar-refractivity contribution < 1.29 is 28.4 Å². The number of nitrogens with two attached hydrogens (primary N) is 1. The van der Waals surface area contributed by atoms with Gasteiger partial charge in [0, 0.05) is 13.0 Å². The number of unbranched alkanes of at least 4 members (excludes halogenated alkanes) is 12. The minimum Gasteiger partial charge on any atom is -0.387 e. The summed E-state index contributed by atoms with van der Waals surface area (Å²) in [7, 11) is -4.36. The highest BCUT2D eigenvalue weighted by Crippen LogP contribution is 2.43. The monoisotopic (exact) mass is 747 g/mol. The van der Waals surface area contributed by atoms with Crippen molar-refractivity contribution >= 4 is 13.7 Å². The molecule has 0 rings (SSSR count). The number of aliphatic hydroxyl groups excluding tert-OH is 1. The van der Waals surface area contributed by atoms with Crippen molar-refractivity contribution in [1.82, 2.24) is 5.32 Å². The van der Waals surface area contributed by atoms with Crippen molar-refractivity contribution in [2.75, 3.05) is 19.8 Å². The van der Waals surface area contributed by atoms with Gasteiger partial charge in [-0.1, -0.05) is 144 Å². The second-order valence-corrected chi connectivity index (χ2v) is 14.5. The number of allylic oxidation sites excluding steroid dienone is 13. The van der Waals surface area contributed by atoms with E-state index in [1.807, 2.05) is 6.08 Å². The van der Waals surface area contributed by atoms with Crippen LogP contribution in [0, 0.1) is 0 Å². The summed E-state index contributed by atoms with van der Waals surface area (Å²) in [6.07, 6.45) is 50.6. The van der Waals surface area contributed by atoms with Gasteiger partial charge in [-0.2, -0.15) is 0 Å². The van der Waals surface area contributed by atoms with Crippen LogP contribution in [-0.4, -0.2) is 47.8 Å². The molecule has 0 saturated heterocycles. The van der Waals surface area contributed by atoms with Gasteiger partial charge in [0.2, 0.25) is 5.91 Å². The van der Waals surface area contributed by atoms with Crippen LogP contribution in [0.1, 0.15) is 149 Å². The molecule has 0 aromatic rings. The first-order chi connectivity index (χ1) is 25.4. The van der Waals surface area contributed by atoms with E-state index in [-0.39, 0.29) is 25.7 Å². The van der Waals surface area contributed by atoms with Crippen molar-refractivity contribution in [3.8, 4) is 0 Å². The topological polar surface area (TPSA) is 131 Å². The molecule has 0 spiro atoms. The lowest BCUT2D eigenvalue weighted by molar-refractivity contribution is -0.123. The summed E-state index contributed by atoms with van der Waals surface area (Å²) in [5.74, 6) is -0.236. The van der Waals surface area contributed by atoms with Crippen molar-refractivity contribution in [1.29, 1.82) is 0 Å². The molecule has 52 heavy (non-hydrogen) atoms. The van der Waals surface area contributed by atoms with Crippen molar-refractivity contribution in [3.05, 3.63) is 85.1 Å². The van der Waals surface area contributed by atoms with E-state index in [1.54, 1.807) is 6.08 Å². The van der Waals surface area contributed by atoms with E-state index >= 15 is 0 Å². The van der Waals surface area contributed by atoms with E-state index in [0.717, 1.165) is 83.5 Å². The van der Waals surface area contributed by atoms with Crippen LogP contribution in [0.2, 0.25) is 0 Å². The quantitative estimate of drug-likeness (QED) is 0.0285. The van der Waals surface area contributed by atoms with Crippen LogP contribution in [0.5, 0.6) is 0 Å². The molecular weight excluding hydrogens is 671 g/mol. The Hall–Kier alpha value is -2.32. The Balaban J connectivity index is 4.43. The fourth-order valence-electron chi connectivity index (χ4n) is 5.15. The zero-order valence-electron chi connectivity index (χ0n) is 32.8. The van der Waals surface area contributed by atoms with Gasteiger partial charge in [-0.3, -0.25) is 13.8 Å². The van der Waals surface area contributed by atoms with Crippen molar-refractivity contribution in [2.45, 2.75) is 161 Å². The maximum Gasteiger partial charge on any atom is 0.472 e. The van der Waals surface area contributed by atoms with Crippen LogP contribution in [0.4, 0.5) is 0 Å². The molecule has 8 nitrogen and oxygen atoms in total. The Morgan fingerprint density at radius 2 is 1.13 bits per heavy atom. The summed E-state index contributed by atoms with van der Waals surface area (Å²) >= 11 is 0. The number of carbonyl (C=O) groups excluding carboxylic acids is 1. The third-order valence-corrected chi connectivity index (χ3v) is 9.17. The first-order valence-corrected chi connectivity index (χ1v) is 21.7. The van der Waals surface area contributed by atoms with Gasteiger partial charge in [-0.25, -0.2) is 4.57 Å². The van der Waals surface area contributed by atoms with Crippen molar-refractivity contribution in [2.24, 2.45) is 5.73 Å². The van der Waals surface area contributed by atoms with Gasteiger partial charge in [-0.05, 0) is 83.5 Å². The van der Waals surface area contributed by atoms with E-state index in [9.17, 15) is 19.4 Å². The molecule has 0 fully saturated rings. The van der Waals surface area contributed by atoms with E-state index in [2.05, 4.69) is 92.1 Å². The maximum absolute atomic E-state index is 12.7. The molecule has 0 saturated carbocycles. The molecule has 5 N–H and O–H groups in total. The van der Waals surface area contributed by atoms with Gasteiger partial charge in [0.15, 0.2) is 0 Å². The van der Waals surface area contributed by atoms with Gasteiger partial charge >= 0.3 is 7.82 Å². The largest absolute Gasteiger partial charge is 0.472 e. The van der Waals surface area contributed by atoms with Gasteiger partial charge in [0.1, 0.15) is 0 Å². The fourth-order valence-corrected chi connectivity index (χ4v) is 5.91. The van der Waals surface area contributed by atoms with E-state index < -0.39 is 20.0 Å². The van der Waals surface area contributed by atoms with Crippen LogP contribution in [-0.2, 0) is 18.4 Å². The van der Waals surface area contributed by atoms with Crippen LogP contribution in [0.3, 0.4) is 0 Å². The van der Waals surface area contributed by atoms with Gasteiger partial charge < -0.3 is 21.1 Å². The third kappa shape index (κ3) is 36.1. The van der Waals surface area contributed by atoms with Crippen LogP contribution >= 0.6 is 7.82 Å². The molecule has 0 aromatic carbocycles. The zero-order chi connectivity index (χ0) is 38.2. The van der Waals surface area contributed by atoms with Gasteiger partial charge in [0.05, 0.1) is 25.4 Å². The van der Waals surface area contributed by atoms with Crippen LogP contribution < -0.4 is 11.1 Å². The Bertz CT molecular complexity index is 1080. The summed E-state index contributed by atoms with van der Waals surface area (Å²) < 4.78 is 22.0. The molecule has 0 aromatic heterocycles. The molecule has 0 aliphatic rings. The first-order valence-electron chi connectivity index (χ1n) is 20.2. The summed E-state index contributed by atoms with van der Waals surface area (Å²) in [5, 5.41) is 13.6. The van der Waals surface area contributed by atoms with E-state index in [1.165, 1.54) is 44.9 Å². The summed E-state index contributed by atoms with van der Waals surface area (Å²) in [6.45, 7) is 3.93. The number of phosphoric ester groups is 1. The average molecular weight is 747 g/mol. The Morgan fingerprint density at radius 3 is 1.71 bits per heavy atom. The number of rotatable bonds is 36. The Morgan fingerprint density at radius 1 is 0.654 bits per heavy atom. The number of hydrogen-bond donors (Lipinski definition) is 4. The SMILES string of the molecule is CC/C=C\C/C=C\C/C=C\C/C=C\CCCCCCC(=O)NC(COP(=O)(O)OCCN)C(O)/C=C/CC/C=C/CC/C=C/CCCCCCCC. The predicted octanol–water partition coefficient (Wildman–Crippen LogP) is 11.0. The van der Waals surface area contributed by atoms with Crippen molar-refractivity contribution in [3.63, 3.8) is 0 Å². The molecule has 0 aliphatic heterocycles. The van der Waals surface area contributed by atoms with Gasteiger partial charge in [0.25, 0.3) is 0 Å². The number of hydrogen-bond acceptors (Lipinski definition) is 6. The zero-order valence-corrected chi connectivity index (χ0v) is 33.7. The molecule has 0 aliphatic carbocycles. The van der Waals surface area contributed by atoms with E-state index in [4.69, 9.17) is 14.8 Å². The molecule has 298 valence electrons. The number of amides is 1. The van der Waals surface area contributed by atoms with Crippen LogP contribution in [0.15, 0.2) is 85.1 Å². The maximum atomic E-state index is 12.7. The lowest BCUT2D eigenvalue weighted by Crippen LogP contribution is -2.45. The molecule has 0 bridgehead atoms. The second kappa shape index (κ2) is 38.4. The molecule has 0 heterocycles. The smallest absolute Gasteiger partial charge is 0.387 e. The molecule has 0 radical (unpaired) electrons. The molecular formula is C43H75N2O6P. The second-order valence-electron chi connectivity index (χ2n) is 13.1. The minimum absolute atomic E-state index is 0.0628. The number of aliphatic hydroxyl groups is 1. The minimum atomic E-state index is -4.36. The predicted molar refractivity (Wildman–Crippen MR) is 221 cm³/mol. The summed E-state index contributed by atoms with van der Waals surface area (Å²) in [6, 6.07) is -0.900. The molecule has 1 amide bonds. The molecule has 9 heteroatoms. The normalized spacial score (nSPS) is 15.1. The fraction of sp³-hybridized carbons (Fsp3) is 0.651. The van der Waals surface area contributed by atoms with Gasteiger partial charge in [-0.15, -0.1) is 0 Å². The lowest BCUT2D eigenvalue weighted by atomic mass is 10.1. The Labute approximate surface area is 318 Å². The average Bonchev–Trinajstić information content (AvgIpc) is 3.13. The molecule has 3 atom stereocenters. The first kappa shape index (κ1) is 49.7. The third-order valence-electron chi connectivity index (χ3n) is 8.18. The highest BCUT2D eigenvalue weighted by atomic mass is 31.2. The number of nitrogens with one attached hydrogen (secondary N) is 1. The number of carbonyl (C=O) groups is 1. The highest BCUT2D eigenvalue weighted by molar-refractivity contribution is 7.47. The summed E-state index contributed by atoms with van der Waals surface area (Å²) in [4.78, 5) is 22.6. The van der Waals surface area contributed by atoms with E-state index in [0.29, 0.717) is 6.42 Å². The number of phosphoric acid groups is 1. The Kier molecular flexibility index (Phi) is 36.7. The summed E-state index contributed by atoms with van der Waals surface area (Å²) in [5.41, 5.74) is 5.36. The highest BCUT2D eigenvalue weighted by Gasteiger charge is 2.26.